The van der Waals surface area contributed by atoms with Crippen LogP contribution in [-0.4, -0.2) is 12.6 Å². The Morgan fingerprint density at radius 2 is 2.18 bits per heavy atom. The summed E-state index contributed by atoms with van der Waals surface area (Å²) in [5, 5.41) is 3.39. The molecule has 1 aromatic rings. The third kappa shape index (κ3) is 2.63. The second kappa shape index (κ2) is 4.69. The molecule has 0 fully saturated rings. The highest BCUT2D eigenvalue weighted by molar-refractivity contribution is 5.42. The number of hydrogen-bond donors (Lipinski definition) is 1. The first-order valence-electron chi connectivity index (χ1n) is 6.55. The summed E-state index contributed by atoms with van der Waals surface area (Å²) in [6.45, 7) is 6.52. The molecule has 0 saturated heterocycles. The number of rotatable bonds is 4. The van der Waals surface area contributed by atoms with E-state index in [9.17, 15) is 0 Å². The van der Waals surface area contributed by atoms with Crippen molar-refractivity contribution in [2.45, 2.75) is 51.7 Å². The molecule has 0 spiro atoms. The molecule has 1 heterocycles. The van der Waals surface area contributed by atoms with Gasteiger partial charge in [0.15, 0.2) is 0 Å². The third-order valence-electron chi connectivity index (χ3n) is 3.42. The second-order valence-electron chi connectivity index (χ2n) is 5.54. The quantitative estimate of drug-likeness (QED) is 0.860. The van der Waals surface area contributed by atoms with Crippen LogP contribution in [0.25, 0.3) is 0 Å². The van der Waals surface area contributed by atoms with Crippen LogP contribution < -0.4 is 10.1 Å². The first-order chi connectivity index (χ1) is 8.05. The van der Waals surface area contributed by atoms with E-state index < -0.39 is 0 Å². The Kier molecular flexibility index (Phi) is 3.43. The minimum Gasteiger partial charge on any atom is -0.487 e. The molecule has 0 saturated carbocycles. The molecular formula is C15H23NO. The average molecular weight is 233 g/mol. The van der Waals surface area contributed by atoms with Gasteiger partial charge in [-0.25, -0.2) is 0 Å². The normalized spacial score (nSPS) is 18.6. The summed E-state index contributed by atoms with van der Waals surface area (Å²) in [5.41, 5.74) is 2.69. The summed E-state index contributed by atoms with van der Waals surface area (Å²) in [6.07, 6.45) is 3.39. The van der Waals surface area contributed by atoms with E-state index in [0.717, 1.165) is 12.2 Å². The van der Waals surface area contributed by atoms with Gasteiger partial charge in [-0.15, -0.1) is 0 Å². The minimum atomic E-state index is -0.0408. The van der Waals surface area contributed by atoms with Crippen molar-refractivity contribution >= 4 is 0 Å². The fourth-order valence-corrected chi connectivity index (χ4v) is 2.61. The zero-order valence-electron chi connectivity index (χ0n) is 11.3. The monoisotopic (exact) mass is 233 g/mol. The molecule has 1 unspecified atom stereocenters. The first-order valence-corrected chi connectivity index (χ1v) is 6.55. The molecule has 17 heavy (non-hydrogen) atoms. The van der Waals surface area contributed by atoms with Crippen molar-refractivity contribution in [1.29, 1.82) is 0 Å². The smallest absolute Gasteiger partial charge is 0.123 e. The molecule has 1 aliphatic rings. The van der Waals surface area contributed by atoms with Crippen molar-refractivity contribution in [1.82, 2.24) is 5.32 Å². The molecule has 2 nitrogen and oxygen atoms in total. The van der Waals surface area contributed by atoms with Crippen molar-refractivity contribution in [3.05, 3.63) is 29.3 Å². The number of benzene rings is 1. The predicted octanol–water partition coefficient (Wildman–Crippen LogP) is 3.46. The number of ether oxygens (including phenoxy) is 1. The van der Waals surface area contributed by atoms with Gasteiger partial charge in [-0.2, -0.15) is 0 Å². The molecule has 1 aromatic carbocycles. The van der Waals surface area contributed by atoms with E-state index in [-0.39, 0.29) is 5.60 Å². The van der Waals surface area contributed by atoms with Crippen molar-refractivity contribution in [3.63, 3.8) is 0 Å². The van der Waals surface area contributed by atoms with Gasteiger partial charge < -0.3 is 10.1 Å². The largest absolute Gasteiger partial charge is 0.487 e. The number of hydrogen-bond acceptors (Lipinski definition) is 2. The SMILES string of the molecule is CCCC(NC)c1ccc2c(c1)CC(C)(C)O2. The van der Waals surface area contributed by atoms with Crippen LogP contribution in [0.4, 0.5) is 0 Å². The van der Waals surface area contributed by atoms with Gasteiger partial charge in [0.2, 0.25) is 0 Å². The summed E-state index contributed by atoms with van der Waals surface area (Å²) in [5.74, 6) is 1.06. The van der Waals surface area contributed by atoms with Crippen LogP contribution in [0.15, 0.2) is 18.2 Å². The lowest BCUT2D eigenvalue weighted by Crippen LogP contribution is -2.24. The Hall–Kier alpha value is -1.02. The Balaban J connectivity index is 2.23. The molecule has 94 valence electrons. The fraction of sp³-hybridized carbons (Fsp3) is 0.600. The zero-order chi connectivity index (χ0) is 12.5. The Bertz CT molecular complexity index is 398. The van der Waals surface area contributed by atoms with Crippen LogP contribution in [0, 0.1) is 0 Å². The van der Waals surface area contributed by atoms with Gasteiger partial charge in [-0.3, -0.25) is 0 Å². The van der Waals surface area contributed by atoms with Crippen LogP contribution in [0.2, 0.25) is 0 Å². The van der Waals surface area contributed by atoms with E-state index in [1.54, 1.807) is 0 Å². The van der Waals surface area contributed by atoms with Crippen LogP contribution in [0.5, 0.6) is 5.75 Å². The Morgan fingerprint density at radius 3 is 2.82 bits per heavy atom. The van der Waals surface area contributed by atoms with Crippen LogP contribution >= 0.6 is 0 Å². The van der Waals surface area contributed by atoms with Gasteiger partial charge in [0.25, 0.3) is 0 Å². The average Bonchev–Trinajstić information content (AvgIpc) is 2.58. The topological polar surface area (TPSA) is 21.3 Å². The van der Waals surface area contributed by atoms with Gasteiger partial charge in [0, 0.05) is 12.5 Å². The summed E-state index contributed by atoms with van der Waals surface area (Å²) in [7, 11) is 2.04. The van der Waals surface area contributed by atoms with E-state index in [2.05, 4.69) is 44.3 Å². The van der Waals surface area contributed by atoms with Crippen molar-refractivity contribution in [2.75, 3.05) is 7.05 Å². The molecule has 1 aliphatic heterocycles. The van der Waals surface area contributed by atoms with E-state index in [4.69, 9.17) is 4.74 Å². The highest BCUT2D eigenvalue weighted by Crippen LogP contribution is 2.36. The maximum atomic E-state index is 5.90. The van der Waals surface area contributed by atoms with E-state index in [1.165, 1.54) is 24.0 Å². The van der Waals surface area contributed by atoms with Gasteiger partial charge in [-0.05, 0) is 44.5 Å². The minimum absolute atomic E-state index is 0.0408. The summed E-state index contributed by atoms with van der Waals surface area (Å²) in [6, 6.07) is 7.09. The maximum absolute atomic E-state index is 5.90. The lowest BCUT2D eigenvalue weighted by atomic mass is 9.96. The predicted molar refractivity (Wildman–Crippen MR) is 71.6 cm³/mol. The highest BCUT2D eigenvalue weighted by atomic mass is 16.5. The highest BCUT2D eigenvalue weighted by Gasteiger charge is 2.30. The lowest BCUT2D eigenvalue weighted by molar-refractivity contribution is 0.138. The molecular weight excluding hydrogens is 210 g/mol. The number of nitrogens with one attached hydrogen (secondary N) is 1. The molecule has 0 aliphatic carbocycles. The summed E-state index contributed by atoms with van der Waals surface area (Å²) in [4.78, 5) is 0. The van der Waals surface area contributed by atoms with Gasteiger partial charge in [-0.1, -0.05) is 25.5 Å². The van der Waals surface area contributed by atoms with Gasteiger partial charge in [0.05, 0.1) is 0 Å². The van der Waals surface area contributed by atoms with Crippen LogP contribution in [0.1, 0.15) is 50.8 Å². The first kappa shape index (κ1) is 12.4. The molecule has 0 bridgehead atoms. The van der Waals surface area contributed by atoms with Crippen LogP contribution in [0.3, 0.4) is 0 Å². The van der Waals surface area contributed by atoms with E-state index in [0.29, 0.717) is 6.04 Å². The fourth-order valence-electron chi connectivity index (χ4n) is 2.61. The standard InChI is InChI=1S/C15H23NO/c1-5-6-13(16-4)11-7-8-14-12(9-11)10-15(2,3)17-14/h7-9,13,16H,5-6,10H2,1-4H3. The van der Waals surface area contributed by atoms with E-state index in [1.807, 2.05) is 7.05 Å². The molecule has 0 amide bonds. The summed E-state index contributed by atoms with van der Waals surface area (Å²) < 4.78 is 5.90. The van der Waals surface area contributed by atoms with Crippen molar-refractivity contribution < 1.29 is 4.74 Å². The lowest BCUT2D eigenvalue weighted by Gasteiger charge is -2.17. The molecule has 0 radical (unpaired) electrons. The summed E-state index contributed by atoms with van der Waals surface area (Å²) >= 11 is 0. The maximum Gasteiger partial charge on any atom is 0.123 e. The Morgan fingerprint density at radius 1 is 1.41 bits per heavy atom. The molecule has 2 heteroatoms. The zero-order valence-corrected chi connectivity index (χ0v) is 11.3. The van der Waals surface area contributed by atoms with Crippen molar-refractivity contribution in [2.24, 2.45) is 0 Å². The molecule has 2 rings (SSSR count). The third-order valence-corrected chi connectivity index (χ3v) is 3.42. The molecule has 1 atom stereocenters. The van der Waals surface area contributed by atoms with E-state index >= 15 is 0 Å². The number of fused-ring (bicyclic) bond motifs is 1. The molecule has 0 aromatic heterocycles. The van der Waals surface area contributed by atoms with Gasteiger partial charge >= 0.3 is 0 Å². The molecule has 1 N–H and O–H groups in total. The second-order valence-corrected chi connectivity index (χ2v) is 5.54. The Labute approximate surface area is 104 Å². The van der Waals surface area contributed by atoms with Crippen molar-refractivity contribution in [3.8, 4) is 5.75 Å². The van der Waals surface area contributed by atoms with Crippen LogP contribution in [-0.2, 0) is 6.42 Å². The van der Waals surface area contributed by atoms with Gasteiger partial charge in [0.1, 0.15) is 11.4 Å².